The molecule has 90 valence electrons. The SMILES string of the molecule is N#Cc1ccc(Cn2ccc(C(=O)O)n2)c(Cl)c1. The summed E-state index contributed by atoms with van der Waals surface area (Å²) in [6.45, 7) is 0.359. The van der Waals surface area contributed by atoms with Crippen molar-refractivity contribution in [2.75, 3.05) is 0 Å². The van der Waals surface area contributed by atoms with Gasteiger partial charge in [0.15, 0.2) is 5.69 Å². The van der Waals surface area contributed by atoms with Gasteiger partial charge in [-0.1, -0.05) is 17.7 Å². The number of hydrogen-bond donors (Lipinski definition) is 1. The molecule has 2 rings (SSSR count). The summed E-state index contributed by atoms with van der Waals surface area (Å²) in [7, 11) is 0. The van der Waals surface area contributed by atoms with Crippen LogP contribution in [0.2, 0.25) is 5.02 Å². The van der Waals surface area contributed by atoms with E-state index < -0.39 is 5.97 Å². The van der Waals surface area contributed by atoms with Crippen LogP contribution in [0.25, 0.3) is 0 Å². The van der Waals surface area contributed by atoms with E-state index in [4.69, 9.17) is 22.0 Å². The molecule has 0 amide bonds. The zero-order valence-corrected chi connectivity index (χ0v) is 9.92. The molecule has 0 saturated heterocycles. The van der Waals surface area contributed by atoms with Crippen molar-refractivity contribution < 1.29 is 9.90 Å². The Morgan fingerprint density at radius 2 is 2.28 bits per heavy atom. The first-order valence-electron chi connectivity index (χ1n) is 5.05. The van der Waals surface area contributed by atoms with Gasteiger partial charge in [0, 0.05) is 11.2 Å². The van der Waals surface area contributed by atoms with Crippen molar-refractivity contribution in [1.29, 1.82) is 5.26 Å². The quantitative estimate of drug-likeness (QED) is 0.918. The molecule has 0 spiro atoms. The van der Waals surface area contributed by atoms with E-state index in [-0.39, 0.29) is 5.69 Å². The van der Waals surface area contributed by atoms with Crippen LogP contribution in [0.5, 0.6) is 0 Å². The second kappa shape index (κ2) is 4.90. The highest BCUT2D eigenvalue weighted by molar-refractivity contribution is 6.31. The summed E-state index contributed by atoms with van der Waals surface area (Å²) in [6, 6.07) is 8.36. The fraction of sp³-hybridized carbons (Fsp3) is 0.0833. The van der Waals surface area contributed by atoms with E-state index >= 15 is 0 Å². The Bertz CT molecular complexity index is 643. The van der Waals surface area contributed by atoms with Crippen LogP contribution in [-0.2, 0) is 6.54 Å². The van der Waals surface area contributed by atoms with Crippen LogP contribution in [0.4, 0.5) is 0 Å². The lowest BCUT2D eigenvalue weighted by Crippen LogP contribution is -2.04. The first kappa shape index (κ1) is 12.1. The van der Waals surface area contributed by atoms with E-state index in [1.54, 1.807) is 24.4 Å². The molecular weight excluding hydrogens is 254 g/mol. The number of aromatic nitrogens is 2. The first-order valence-corrected chi connectivity index (χ1v) is 5.43. The average molecular weight is 262 g/mol. The molecule has 0 unspecified atom stereocenters. The number of nitrogens with zero attached hydrogens (tertiary/aromatic N) is 3. The molecule has 6 heteroatoms. The molecule has 0 aliphatic heterocycles. The summed E-state index contributed by atoms with van der Waals surface area (Å²) < 4.78 is 1.48. The molecule has 18 heavy (non-hydrogen) atoms. The third-order valence-corrected chi connectivity index (χ3v) is 2.73. The van der Waals surface area contributed by atoms with Crippen molar-refractivity contribution in [1.82, 2.24) is 9.78 Å². The molecule has 1 aromatic carbocycles. The van der Waals surface area contributed by atoms with Crippen molar-refractivity contribution >= 4 is 17.6 Å². The first-order chi connectivity index (χ1) is 8.60. The van der Waals surface area contributed by atoms with Gasteiger partial charge in [-0.15, -0.1) is 0 Å². The Labute approximate surface area is 108 Å². The number of carboxylic acid groups (broad SMARTS) is 1. The normalized spacial score (nSPS) is 10.0. The Balaban J connectivity index is 2.23. The molecule has 1 N–H and O–H groups in total. The fourth-order valence-electron chi connectivity index (χ4n) is 1.48. The van der Waals surface area contributed by atoms with E-state index in [0.29, 0.717) is 17.1 Å². The molecule has 0 aliphatic carbocycles. The smallest absolute Gasteiger partial charge is 0.356 e. The third-order valence-electron chi connectivity index (χ3n) is 2.37. The number of halogens is 1. The molecule has 0 bridgehead atoms. The van der Waals surface area contributed by atoms with Crippen LogP contribution in [0.3, 0.4) is 0 Å². The van der Waals surface area contributed by atoms with Crippen LogP contribution < -0.4 is 0 Å². The predicted molar refractivity (Wildman–Crippen MR) is 64.5 cm³/mol. The molecule has 1 heterocycles. The summed E-state index contributed by atoms with van der Waals surface area (Å²) in [5.41, 5.74) is 1.24. The van der Waals surface area contributed by atoms with Gasteiger partial charge in [-0.05, 0) is 23.8 Å². The van der Waals surface area contributed by atoms with Gasteiger partial charge in [-0.3, -0.25) is 4.68 Å². The Hall–Kier alpha value is -2.32. The van der Waals surface area contributed by atoms with Crippen LogP contribution in [0.1, 0.15) is 21.6 Å². The minimum absolute atomic E-state index is 0.0141. The number of hydrogen-bond acceptors (Lipinski definition) is 3. The lowest BCUT2D eigenvalue weighted by atomic mass is 10.1. The standard InChI is InChI=1S/C12H8ClN3O2/c13-10-5-8(6-14)1-2-9(10)7-16-4-3-11(15-16)12(17)18/h1-5H,7H2,(H,17,18). The number of carbonyl (C=O) groups is 1. The van der Waals surface area contributed by atoms with E-state index in [2.05, 4.69) is 5.10 Å². The van der Waals surface area contributed by atoms with Crippen molar-refractivity contribution in [3.63, 3.8) is 0 Å². The predicted octanol–water partition coefficient (Wildman–Crippen LogP) is 2.15. The van der Waals surface area contributed by atoms with Crippen molar-refractivity contribution in [3.8, 4) is 6.07 Å². The number of nitriles is 1. The second-order valence-corrected chi connectivity index (χ2v) is 4.03. The maximum Gasteiger partial charge on any atom is 0.356 e. The van der Waals surface area contributed by atoms with Crippen LogP contribution >= 0.6 is 11.6 Å². The minimum Gasteiger partial charge on any atom is -0.476 e. The molecule has 0 fully saturated rings. The monoisotopic (exact) mass is 261 g/mol. The average Bonchev–Trinajstić information content (AvgIpc) is 2.80. The lowest BCUT2D eigenvalue weighted by Gasteiger charge is -2.04. The topological polar surface area (TPSA) is 78.9 Å². The number of aromatic carboxylic acids is 1. The maximum absolute atomic E-state index is 10.7. The molecule has 0 saturated carbocycles. The van der Waals surface area contributed by atoms with Gasteiger partial charge in [-0.2, -0.15) is 10.4 Å². The van der Waals surface area contributed by atoms with Crippen molar-refractivity contribution in [3.05, 3.63) is 52.3 Å². The van der Waals surface area contributed by atoms with Crippen LogP contribution in [-0.4, -0.2) is 20.9 Å². The third kappa shape index (κ3) is 2.50. The number of carboxylic acids is 1. The van der Waals surface area contributed by atoms with Gasteiger partial charge in [0.1, 0.15) is 0 Å². The molecule has 1 aromatic heterocycles. The van der Waals surface area contributed by atoms with Gasteiger partial charge < -0.3 is 5.11 Å². The molecular formula is C12H8ClN3O2. The van der Waals surface area contributed by atoms with E-state index in [0.717, 1.165) is 5.56 Å². The zero-order chi connectivity index (χ0) is 13.1. The second-order valence-electron chi connectivity index (χ2n) is 3.62. The van der Waals surface area contributed by atoms with Gasteiger partial charge >= 0.3 is 5.97 Å². The molecule has 0 atom stereocenters. The highest BCUT2D eigenvalue weighted by atomic mass is 35.5. The summed E-state index contributed by atoms with van der Waals surface area (Å²) in [5, 5.41) is 21.8. The highest BCUT2D eigenvalue weighted by Gasteiger charge is 2.08. The van der Waals surface area contributed by atoms with Gasteiger partial charge in [0.05, 0.1) is 18.2 Å². The van der Waals surface area contributed by atoms with Crippen molar-refractivity contribution in [2.45, 2.75) is 6.54 Å². The van der Waals surface area contributed by atoms with E-state index in [9.17, 15) is 4.79 Å². The number of benzene rings is 1. The zero-order valence-electron chi connectivity index (χ0n) is 9.17. The highest BCUT2D eigenvalue weighted by Crippen LogP contribution is 2.18. The Morgan fingerprint density at radius 1 is 1.50 bits per heavy atom. The minimum atomic E-state index is -1.07. The van der Waals surface area contributed by atoms with Gasteiger partial charge in [0.25, 0.3) is 0 Å². The van der Waals surface area contributed by atoms with Crippen LogP contribution in [0, 0.1) is 11.3 Å². The van der Waals surface area contributed by atoms with E-state index in [1.165, 1.54) is 10.7 Å². The maximum atomic E-state index is 10.7. The largest absolute Gasteiger partial charge is 0.476 e. The van der Waals surface area contributed by atoms with E-state index in [1.807, 2.05) is 6.07 Å². The van der Waals surface area contributed by atoms with Crippen LogP contribution in [0.15, 0.2) is 30.5 Å². The summed E-state index contributed by atoms with van der Waals surface area (Å²) in [4.78, 5) is 10.7. The molecule has 5 nitrogen and oxygen atoms in total. The molecule has 0 radical (unpaired) electrons. The van der Waals surface area contributed by atoms with Crippen molar-refractivity contribution in [2.24, 2.45) is 0 Å². The summed E-state index contributed by atoms with van der Waals surface area (Å²) in [5.74, 6) is -1.07. The number of rotatable bonds is 3. The Morgan fingerprint density at radius 3 is 2.83 bits per heavy atom. The van der Waals surface area contributed by atoms with Gasteiger partial charge in [0.2, 0.25) is 0 Å². The Kier molecular flexibility index (Phi) is 3.31. The molecule has 2 aromatic rings. The van der Waals surface area contributed by atoms with Gasteiger partial charge in [-0.25, -0.2) is 4.79 Å². The summed E-state index contributed by atoms with van der Waals surface area (Å²) >= 11 is 6.02. The molecule has 0 aliphatic rings. The fourth-order valence-corrected chi connectivity index (χ4v) is 1.72. The lowest BCUT2D eigenvalue weighted by molar-refractivity contribution is 0.0689. The summed E-state index contributed by atoms with van der Waals surface area (Å²) in [6.07, 6.45) is 1.57.